The lowest BCUT2D eigenvalue weighted by Gasteiger charge is -2.10. The van der Waals surface area contributed by atoms with Gasteiger partial charge in [0.15, 0.2) is 5.78 Å². The van der Waals surface area contributed by atoms with Crippen molar-refractivity contribution >= 4 is 43.3 Å². The number of Topliss-reactive ketones (excluding diaryl/α,β-unsaturated/α-hetero) is 1. The lowest BCUT2D eigenvalue weighted by atomic mass is 10.1. The van der Waals surface area contributed by atoms with Crippen LogP contribution in [0, 0.1) is 0 Å². The summed E-state index contributed by atoms with van der Waals surface area (Å²) in [5.41, 5.74) is 1.09. The van der Waals surface area contributed by atoms with Crippen LogP contribution in [0.3, 0.4) is 0 Å². The minimum absolute atomic E-state index is 0.0456. The number of alkyl halides is 1. The molecule has 0 heterocycles. The molecule has 0 radical (unpaired) electrons. The zero-order valence-corrected chi connectivity index (χ0v) is 12.0. The van der Waals surface area contributed by atoms with Gasteiger partial charge in [0, 0.05) is 5.56 Å². The number of carbonyl (C=O) groups is 1. The molecule has 0 spiro atoms. The molecule has 0 fully saturated rings. The van der Waals surface area contributed by atoms with Gasteiger partial charge in [-0.3, -0.25) is 4.79 Å². The Morgan fingerprint density at radius 1 is 1.47 bits per heavy atom. The van der Waals surface area contributed by atoms with E-state index in [1.807, 2.05) is 0 Å². The summed E-state index contributed by atoms with van der Waals surface area (Å²) in [6.07, 6.45) is 0.478. The molecule has 2 rings (SSSR count). The first-order valence-electron chi connectivity index (χ1n) is 4.72. The maximum Gasteiger partial charge on any atom is 0.239 e. The minimum atomic E-state index is -3.92. The zero-order chi connectivity index (χ0) is 13.0. The van der Waals surface area contributed by atoms with Crippen molar-refractivity contribution in [2.75, 3.05) is 0 Å². The highest BCUT2D eigenvalue weighted by atomic mass is 79.9. The van der Waals surface area contributed by atoms with Gasteiger partial charge >= 0.3 is 0 Å². The molecule has 92 valence electrons. The SMILES string of the molecule is CC1(Br)Cc2cc(Cl)c(S(N)(=O)=O)cc2C1=O. The first-order chi connectivity index (χ1) is 7.63. The van der Waals surface area contributed by atoms with E-state index < -0.39 is 14.3 Å². The number of halogens is 2. The summed E-state index contributed by atoms with van der Waals surface area (Å²) >= 11 is 9.16. The van der Waals surface area contributed by atoms with Gasteiger partial charge in [-0.2, -0.15) is 0 Å². The normalized spacial score (nSPS) is 23.9. The second-order valence-corrected chi connectivity index (χ2v) is 7.88. The molecule has 1 aromatic rings. The lowest BCUT2D eigenvalue weighted by molar-refractivity contribution is 0.0968. The molecule has 0 saturated carbocycles. The predicted octanol–water partition coefficient (Wildman–Crippen LogP) is 1.88. The zero-order valence-electron chi connectivity index (χ0n) is 8.83. The van der Waals surface area contributed by atoms with E-state index in [0.717, 1.165) is 5.56 Å². The smallest absolute Gasteiger partial charge is 0.239 e. The van der Waals surface area contributed by atoms with Crippen molar-refractivity contribution in [3.05, 3.63) is 28.3 Å². The highest BCUT2D eigenvalue weighted by Gasteiger charge is 2.40. The third-order valence-electron chi connectivity index (χ3n) is 2.70. The average molecular weight is 339 g/mol. The molecule has 1 aliphatic carbocycles. The van der Waals surface area contributed by atoms with E-state index in [4.69, 9.17) is 16.7 Å². The summed E-state index contributed by atoms with van der Waals surface area (Å²) in [4.78, 5) is 11.8. The van der Waals surface area contributed by atoms with Gasteiger partial charge in [-0.05, 0) is 31.0 Å². The number of primary sulfonamides is 1. The second-order valence-electron chi connectivity index (χ2n) is 4.19. The summed E-state index contributed by atoms with van der Waals surface area (Å²) in [5.74, 6) is -0.158. The van der Waals surface area contributed by atoms with E-state index in [1.54, 1.807) is 6.92 Å². The molecule has 0 bridgehead atoms. The summed E-state index contributed by atoms with van der Waals surface area (Å²) < 4.78 is 21.9. The third kappa shape index (κ3) is 2.14. The highest BCUT2D eigenvalue weighted by Crippen LogP contribution is 2.39. The molecule has 7 heteroatoms. The predicted molar refractivity (Wildman–Crippen MR) is 68.2 cm³/mol. The maximum atomic E-state index is 12.0. The van der Waals surface area contributed by atoms with Crippen molar-refractivity contribution in [1.82, 2.24) is 0 Å². The van der Waals surface area contributed by atoms with Crippen LogP contribution in [0.2, 0.25) is 5.02 Å². The number of hydrogen-bond donors (Lipinski definition) is 1. The number of ketones is 1. The summed E-state index contributed by atoms with van der Waals surface area (Å²) in [6, 6.07) is 2.74. The van der Waals surface area contributed by atoms with Crippen molar-refractivity contribution in [1.29, 1.82) is 0 Å². The van der Waals surface area contributed by atoms with Crippen LogP contribution in [0.15, 0.2) is 17.0 Å². The van der Waals surface area contributed by atoms with Gasteiger partial charge in [0.2, 0.25) is 10.0 Å². The molecule has 0 saturated heterocycles. The van der Waals surface area contributed by atoms with Crippen LogP contribution in [-0.2, 0) is 16.4 Å². The second kappa shape index (κ2) is 3.78. The van der Waals surface area contributed by atoms with Gasteiger partial charge < -0.3 is 0 Å². The van der Waals surface area contributed by atoms with Crippen molar-refractivity contribution in [2.45, 2.75) is 22.6 Å². The Labute approximate surface area is 112 Å². The molecule has 1 atom stereocenters. The first-order valence-corrected chi connectivity index (χ1v) is 7.43. The van der Waals surface area contributed by atoms with Gasteiger partial charge in [0.25, 0.3) is 0 Å². The van der Waals surface area contributed by atoms with Crippen LogP contribution in [0.4, 0.5) is 0 Å². The van der Waals surface area contributed by atoms with Gasteiger partial charge in [-0.25, -0.2) is 13.6 Å². The first kappa shape index (κ1) is 13.0. The Bertz CT molecular complexity index is 625. The van der Waals surface area contributed by atoms with Crippen molar-refractivity contribution in [2.24, 2.45) is 5.14 Å². The molecule has 4 nitrogen and oxygen atoms in total. The third-order valence-corrected chi connectivity index (χ3v) is 4.72. The number of rotatable bonds is 1. The molecule has 1 aromatic carbocycles. The van der Waals surface area contributed by atoms with E-state index in [2.05, 4.69) is 15.9 Å². The van der Waals surface area contributed by atoms with Crippen LogP contribution in [0.5, 0.6) is 0 Å². The maximum absolute atomic E-state index is 12.0. The Morgan fingerprint density at radius 3 is 2.59 bits per heavy atom. The molecular weight excluding hydrogens is 330 g/mol. The van der Waals surface area contributed by atoms with Crippen molar-refractivity contribution < 1.29 is 13.2 Å². The molecule has 2 N–H and O–H groups in total. The van der Waals surface area contributed by atoms with Crippen LogP contribution in [-0.4, -0.2) is 18.5 Å². The van der Waals surface area contributed by atoms with E-state index in [9.17, 15) is 13.2 Å². The van der Waals surface area contributed by atoms with E-state index in [0.29, 0.717) is 12.0 Å². The van der Waals surface area contributed by atoms with Gasteiger partial charge in [-0.1, -0.05) is 27.5 Å². The van der Waals surface area contributed by atoms with E-state index in [-0.39, 0.29) is 15.7 Å². The summed E-state index contributed by atoms with van der Waals surface area (Å²) in [6.45, 7) is 1.74. The number of sulfonamides is 1. The quantitative estimate of drug-likeness (QED) is 0.794. The van der Waals surface area contributed by atoms with Crippen LogP contribution < -0.4 is 5.14 Å². The van der Waals surface area contributed by atoms with Gasteiger partial charge in [0.1, 0.15) is 4.90 Å². The Hall–Kier alpha value is -0.430. The summed E-state index contributed by atoms with van der Waals surface area (Å²) in [7, 11) is -3.92. The van der Waals surface area contributed by atoms with Crippen molar-refractivity contribution in [3.63, 3.8) is 0 Å². The summed E-state index contributed by atoms with van der Waals surface area (Å²) in [5, 5.41) is 5.08. The molecule has 0 amide bonds. The highest BCUT2D eigenvalue weighted by molar-refractivity contribution is 9.10. The number of nitrogens with two attached hydrogens (primary N) is 1. The monoisotopic (exact) mass is 337 g/mol. The molecule has 0 aromatic heterocycles. The number of benzene rings is 1. The van der Waals surface area contributed by atoms with Crippen molar-refractivity contribution in [3.8, 4) is 0 Å². The molecule has 17 heavy (non-hydrogen) atoms. The number of fused-ring (bicyclic) bond motifs is 1. The Morgan fingerprint density at radius 2 is 2.06 bits per heavy atom. The molecule has 1 aliphatic rings. The topological polar surface area (TPSA) is 77.2 Å². The lowest BCUT2D eigenvalue weighted by Crippen LogP contribution is -2.23. The Kier molecular flexibility index (Phi) is 2.89. The van der Waals surface area contributed by atoms with Gasteiger partial charge in [0.05, 0.1) is 9.35 Å². The van der Waals surface area contributed by atoms with Crippen LogP contribution in [0.1, 0.15) is 22.8 Å². The van der Waals surface area contributed by atoms with E-state index >= 15 is 0 Å². The molecular formula is C10H9BrClNO3S. The Balaban J connectivity index is 2.69. The average Bonchev–Trinajstić information content (AvgIpc) is 2.34. The van der Waals surface area contributed by atoms with Gasteiger partial charge in [-0.15, -0.1) is 0 Å². The molecule has 1 unspecified atom stereocenters. The van der Waals surface area contributed by atoms with E-state index in [1.165, 1.54) is 12.1 Å². The number of carbonyl (C=O) groups excluding carboxylic acids is 1. The fraction of sp³-hybridized carbons (Fsp3) is 0.300. The minimum Gasteiger partial charge on any atom is -0.293 e. The van der Waals surface area contributed by atoms with Crippen LogP contribution in [0.25, 0.3) is 0 Å². The fourth-order valence-electron chi connectivity index (χ4n) is 1.89. The largest absolute Gasteiger partial charge is 0.293 e. The standard InChI is InChI=1S/C10H9BrClNO3S/c1-10(11)4-5-2-7(12)8(17(13,15)16)3-6(5)9(10)14/h2-3H,4H2,1H3,(H2,13,15,16). The van der Waals surface area contributed by atoms with Crippen LogP contribution >= 0.6 is 27.5 Å². The number of hydrogen-bond acceptors (Lipinski definition) is 3. The fourth-order valence-corrected chi connectivity index (χ4v) is 3.53. The molecule has 0 aliphatic heterocycles.